The molecule has 0 atom stereocenters. The average Bonchev–Trinajstić information content (AvgIpc) is 3.12. The van der Waals surface area contributed by atoms with Gasteiger partial charge in [-0.1, -0.05) is 46.9 Å². The van der Waals surface area contributed by atoms with E-state index < -0.39 is 5.91 Å². The van der Waals surface area contributed by atoms with Crippen LogP contribution in [-0.2, 0) is 4.79 Å². The van der Waals surface area contributed by atoms with Crippen LogP contribution in [0.3, 0.4) is 0 Å². The first-order valence-electron chi connectivity index (χ1n) is 7.77. The predicted molar refractivity (Wildman–Crippen MR) is 107 cm³/mol. The maximum atomic E-state index is 11.8. The second-order valence-corrected chi connectivity index (χ2v) is 6.56. The van der Waals surface area contributed by atoms with Crippen molar-refractivity contribution in [1.29, 1.82) is 0 Å². The Morgan fingerprint density at radius 2 is 1.85 bits per heavy atom. The average molecular weight is 424 g/mol. The number of nitrogens with zero attached hydrogens (tertiary/aromatic N) is 1. The van der Waals surface area contributed by atoms with Crippen molar-refractivity contribution >= 4 is 46.9 Å². The van der Waals surface area contributed by atoms with Crippen LogP contribution in [0.5, 0.6) is 5.75 Å². The number of hydrogen-bond donors (Lipinski definition) is 1. The summed E-state index contributed by atoms with van der Waals surface area (Å²) in [5.74, 6) is 1.06. The Balaban J connectivity index is 1.54. The van der Waals surface area contributed by atoms with Crippen molar-refractivity contribution in [3.8, 4) is 17.1 Å². The summed E-state index contributed by atoms with van der Waals surface area (Å²) in [6, 6.07) is 15.6. The molecule has 5 nitrogen and oxygen atoms in total. The number of hydrogen-bond acceptors (Lipinski definition) is 4. The number of para-hydroxylation sites is 1. The molecule has 0 aliphatic rings. The lowest BCUT2D eigenvalue weighted by atomic mass is 10.2. The Morgan fingerprint density at radius 1 is 1.04 bits per heavy atom. The lowest BCUT2D eigenvalue weighted by Gasteiger charge is -2.06. The number of halogens is 3. The molecule has 0 fully saturated rings. The third-order valence-electron chi connectivity index (χ3n) is 3.41. The van der Waals surface area contributed by atoms with Crippen LogP contribution in [0.1, 0.15) is 5.76 Å². The smallest absolute Gasteiger partial charge is 0.277 e. The molecular weight excluding hydrogens is 411 g/mol. The van der Waals surface area contributed by atoms with Gasteiger partial charge in [-0.2, -0.15) is 5.10 Å². The van der Waals surface area contributed by atoms with E-state index in [0.717, 1.165) is 5.56 Å². The Kier molecular flexibility index (Phi) is 6.40. The Bertz CT molecular complexity index is 986. The molecule has 3 aromatic rings. The SMILES string of the molecule is O=C(COc1ccccc1Cl)N/N=C\c1ccc(-c2ccc(Cl)c(Cl)c2)o1. The summed E-state index contributed by atoms with van der Waals surface area (Å²) < 4.78 is 11.0. The number of furan rings is 1. The summed E-state index contributed by atoms with van der Waals surface area (Å²) >= 11 is 17.9. The summed E-state index contributed by atoms with van der Waals surface area (Å²) in [7, 11) is 0. The minimum atomic E-state index is -0.428. The first-order chi connectivity index (χ1) is 13.0. The maximum absolute atomic E-state index is 11.8. The number of benzene rings is 2. The second kappa shape index (κ2) is 8.95. The van der Waals surface area contributed by atoms with Crippen molar-refractivity contribution < 1.29 is 13.9 Å². The lowest BCUT2D eigenvalue weighted by Crippen LogP contribution is -2.24. The van der Waals surface area contributed by atoms with Gasteiger partial charge in [0.15, 0.2) is 6.61 Å². The normalized spacial score (nSPS) is 10.9. The van der Waals surface area contributed by atoms with Gasteiger partial charge >= 0.3 is 0 Å². The van der Waals surface area contributed by atoms with Crippen LogP contribution in [0.15, 0.2) is 64.1 Å². The van der Waals surface area contributed by atoms with Crippen LogP contribution >= 0.6 is 34.8 Å². The van der Waals surface area contributed by atoms with Crippen molar-refractivity contribution in [3.05, 3.63) is 75.4 Å². The van der Waals surface area contributed by atoms with Crippen LogP contribution in [0.25, 0.3) is 11.3 Å². The molecule has 0 bridgehead atoms. The molecule has 3 rings (SSSR count). The highest BCUT2D eigenvalue weighted by molar-refractivity contribution is 6.42. The molecule has 27 heavy (non-hydrogen) atoms. The van der Waals surface area contributed by atoms with Gasteiger partial charge in [-0.3, -0.25) is 4.79 Å². The van der Waals surface area contributed by atoms with Gasteiger partial charge in [0.25, 0.3) is 5.91 Å². The predicted octanol–water partition coefficient (Wildman–Crippen LogP) is 5.44. The zero-order valence-corrected chi connectivity index (χ0v) is 16.1. The molecule has 0 unspecified atom stereocenters. The van der Waals surface area contributed by atoms with E-state index in [1.165, 1.54) is 6.21 Å². The molecule has 1 heterocycles. The van der Waals surface area contributed by atoms with Crippen molar-refractivity contribution in [2.45, 2.75) is 0 Å². The summed E-state index contributed by atoms with van der Waals surface area (Å²) in [5, 5.41) is 5.17. The number of ether oxygens (including phenoxy) is 1. The van der Waals surface area contributed by atoms with Crippen molar-refractivity contribution in [2.24, 2.45) is 5.10 Å². The zero-order chi connectivity index (χ0) is 19.2. The number of rotatable bonds is 6. The second-order valence-electron chi connectivity index (χ2n) is 5.34. The van der Waals surface area contributed by atoms with E-state index in [4.69, 9.17) is 44.0 Å². The van der Waals surface area contributed by atoms with Gasteiger partial charge in [-0.25, -0.2) is 5.43 Å². The van der Waals surface area contributed by atoms with Gasteiger partial charge in [0, 0.05) is 5.56 Å². The largest absolute Gasteiger partial charge is 0.482 e. The van der Waals surface area contributed by atoms with Gasteiger partial charge in [-0.05, 0) is 42.5 Å². The summed E-state index contributed by atoms with van der Waals surface area (Å²) in [5.41, 5.74) is 3.13. The van der Waals surface area contributed by atoms with E-state index in [1.54, 1.807) is 54.6 Å². The van der Waals surface area contributed by atoms with Crippen LogP contribution in [0.2, 0.25) is 15.1 Å². The Hall–Kier alpha value is -2.47. The highest BCUT2D eigenvalue weighted by atomic mass is 35.5. The van der Waals surface area contributed by atoms with Crippen LogP contribution in [-0.4, -0.2) is 18.7 Å². The van der Waals surface area contributed by atoms with Crippen LogP contribution in [0.4, 0.5) is 0 Å². The fourth-order valence-corrected chi connectivity index (χ4v) is 2.62. The topological polar surface area (TPSA) is 63.8 Å². The molecule has 1 N–H and O–H groups in total. The third-order valence-corrected chi connectivity index (χ3v) is 4.46. The molecule has 1 amide bonds. The molecule has 0 saturated heterocycles. The first-order valence-corrected chi connectivity index (χ1v) is 8.91. The van der Waals surface area contributed by atoms with E-state index in [9.17, 15) is 4.79 Å². The molecule has 8 heteroatoms. The quantitative estimate of drug-likeness (QED) is 0.424. The van der Waals surface area contributed by atoms with Crippen molar-refractivity contribution in [2.75, 3.05) is 6.61 Å². The highest BCUT2D eigenvalue weighted by Crippen LogP contribution is 2.29. The lowest BCUT2D eigenvalue weighted by molar-refractivity contribution is -0.123. The van der Waals surface area contributed by atoms with E-state index >= 15 is 0 Å². The molecule has 0 saturated carbocycles. The Morgan fingerprint density at radius 3 is 2.63 bits per heavy atom. The zero-order valence-electron chi connectivity index (χ0n) is 13.8. The molecule has 0 spiro atoms. The van der Waals surface area contributed by atoms with Gasteiger partial charge < -0.3 is 9.15 Å². The number of hydrazone groups is 1. The van der Waals surface area contributed by atoms with Gasteiger partial charge in [0.2, 0.25) is 0 Å². The van der Waals surface area contributed by atoms with Gasteiger partial charge in [0.05, 0.1) is 21.3 Å². The van der Waals surface area contributed by atoms with E-state index in [0.29, 0.717) is 32.3 Å². The van der Waals surface area contributed by atoms with E-state index in [1.807, 2.05) is 0 Å². The molecule has 0 radical (unpaired) electrons. The van der Waals surface area contributed by atoms with Gasteiger partial charge in [-0.15, -0.1) is 0 Å². The molecular formula is C19H13Cl3N2O3. The third kappa shape index (κ3) is 5.26. The number of amides is 1. The number of carbonyl (C=O) groups excluding carboxylic acids is 1. The molecule has 2 aromatic carbocycles. The van der Waals surface area contributed by atoms with Gasteiger partial charge in [0.1, 0.15) is 17.3 Å². The molecule has 138 valence electrons. The highest BCUT2D eigenvalue weighted by Gasteiger charge is 2.07. The molecule has 0 aliphatic heterocycles. The maximum Gasteiger partial charge on any atom is 0.277 e. The Labute approximate surface area is 170 Å². The van der Waals surface area contributed by atoms with Crippen molar-refractivity contribution in [3.63, 3.8) is 0 Å². The number of nitrogens with one attached hydrogen (secondary N) is 1. The standard InChI is InChI=1S/C19H13Cl3N2O3/c20-14-7-5-12(9-16(14)22)17-8-6-13(27-17)10-23-24-19(25)11-26-18-4-2-1-3-15(18)21/h1-10H,11H2,(H,24,25)/b23-10-. The fourth-order valence-electron chi connectivity index (χ4n) is 2.13. The van der Waals surface area contributed by atoms with E-state index in [2.05, 4.69) is 10.5 Å². The fraction of sp³-hybridized carbons (Fsp3) is 0.0526. The monoisotopic (exact) mass is 422 g/mol. The van der Waals surface area contributed by atoms with Crippen LogP contribution in [0, 0.1) is 0 Å². The van der Waals surface area contributed by atoms with E-state index in [-0.39, 0.29) is 6.61 Å². The summed E-state index contributed by atoms with van der Waals surface area (Å²) in [6.07, 6.45) is 1.38. The van der Waals surface area contributed by atoms with Crippen molar-refractivity contribution in [1.82, 2.24) is 5.43 Å². The van der Waals surface area contributed by atoms with Crippen LogP contribution < -0.4 is 10.2 Å². The minimum absolute atomic E-state index is 0.215. The molecule has 0 aliphatic carbocycles. The first kappa shape index (κ1) is 19.3. The number of carbonyl (C=O) groups is 1. The minimum Gasteiger partial charge on any atom is -0.482 e. The summed E-state index contributed by atoms with van der Waals surface area (Å²) in [4.78, 5) is 11.8. The molecule has 1 aromatic heterocycles. The summed E-state index contributed by atoms with van der Waals surface area (Å²) in [6.45, 7) is -0.215.